The molecule has 2 bridgehead atoms. The van der Waals surface area contributed by atoms with Crippen LogP contribution in [0.4, 0.5) is 5.69 Å². The zero-order chi connectivity index (χ0) is 14.8. The fraction of sp³-hybridized carbons (Fsp3) is 0.529. The van der Waals surface area contributed by atoms with Crippen molar-refractivity contribution in [2.75, 3.05) is 11.9 Å². The molecule has 2 aliphatic carbocycles. The SMILES string of the molecule is CCOC(=O)c1ccccc1NC(=O)[C@H]1C[C@@H]2CC[C@@H]1C2. The fourth-order valence-electron chi connectivity index (χ4n) is 3.77. The molecular formula is C17H21NO3. The third-order valence-corrected chi connectivity index (χ3v) is 4.76. The Balaban J connectivity index is 1.73. The second kappa shape index (κ2) is 5.88. The van der Waals surface area contributed by atoms with Crippen LogP contribution in [-0.4, -0.2) is 18.5 Å². The van der Waals surface area contributed by atoms with Gasteiger partial charge in [-0.1, -0.05) is 18.6 Å². The van der Waals surface area contributed by atoms with Crippen LogP contribution in [0.1, 0.15) is 43.0 Å². The highest BCUT2D eigenvalue weighted by molar-refractivity contribution is 6.02. The van der Waals surface area contributed by atoms with Crippen molar-refractivity contribution in [2.45, 2.75) is 32.6 Å². The van der Waals surface area contributed by atoms with E-state index >= 15 is 0 Å². The van der Waals surface area contributed by atoms with Crippen LogP contribution >= 0.6 is 0 Å². The molecule has 2 saturated carbocycles. The summed E-state index contributed by atoms with van der Waals surface area (Å²) in [5.74, 6) is 1.04. The van der Waals surface area contributed by atoms with Crippen molar-refractivity contribution in [1.82, 2.24) is 0 Å². The van der Waals surface area contributed by atoms with E-state index in [1.807, 2.05) is 6.07 Å². The number of hydrogen-bond donors (Lipinski definition) is 1. The zero-order valence-electron chi connectivity index (χ0n) is 12.3. The van der Waals surface area contributed by atoms with Gasteiger partial charge in [0.05, 0.1) is 17.9 Å². The van der Waals surface area contributed by atoms with E-state index in [0.717, 1.165) is 12.3 Å². The molecule has 0 unspecified atom stereocenters. The Labute approximate surface area is 124 Å². The summed E-state index contributed by atoms with van der Waals surface area (Å²) in [5, 5.41) is 2.94. The number of nitrogens with one attached hydrogen (secondary N) is 1. The minimum Gasteiger partial charge on any atom is -0.462 e. The largest absolute Gasteiger partial charge is 0.462 e. The van der Waals surface area contributed by atoms with Crippen LogP contribution in [0.3, 0.4) is 0 Å². The molecule has 1 N–H and O–H groups in total. The molecule has 0 spiro atoms. The van der Waals surface area contributed by atoms with Gasteiger partial charge < -0.3 is 10.1 Å². The highest BCUT2D eigenvalue weighted by atomic mass is 16.5. The van der Waals surface area contributed by atoms with Crippen LogP contribution in [-0.2, 0) is 9.53 Å². The molecule has 4 nitrogen and oxygen atoms in total. The van der Waals surface area contributed by atoms with E-state index in [-0.39, 0.29) is 17.8 Å². The Morgan fingerprint density at radius 3 is 2.71 bits per heavy atom. The van der Waals surface area contributed by atoms with E-state index in [1.165, 1.54) is 19.3 Å². The predicted molar refractivity (Wildman–Crippen MR) is 80.0 cm³/mol. The molecule has 0 saturated heterocycles. The third-order valence-electron chi connectivity index (χ3n) is 4.76. The van der Waals surface area contributed by atoms with Crippen LogP contribution < -0.4 is 5.32 Å². The molecule has 3 rings (SSSR count). The van der Waals surface area contributed by atoms with E-state index in [9.17, 15) is 9.59 Å². The Hall–Kier alpha value is -1.84. The summed E-state index contributed by atoms with van der Waals surface area (Å²) >= 11 is 0. The van der Waals surface area contributed by atoms with Gasteiger partial charge in [0.1, 0.15) is 0 Å². The Morgan fingerprint density at radius 1 is 1.24 bits per heavy atom. The highest BCUT2D eigenvalue weighted by Gasteiger charge is 2.43. The number of ether oxygens (including phenoxy) is 1. The van der Waals surface area contributed by atoms with Crippen LogP contribution in [0.25, 0.3) is 0 Å². The van der Waals surface area contributed by atoms with Crippen LogP contribution in [0, 0.1) is 17.8 Å². The standard InChI is InChI=1S/C17H21NO3/c1-2-21-17(20)13-5-3-4-6-15(13)18-16(19)14-10-11-7-8-12(14)9-11/h3-6,11-12,14H,2,7-10H2,1H3,(H,18,19)/t11-,12-,14+/m1/s1. The summed E-state index contributed by atoms with van der Waals surface area (Å²) in [6.07, 6.45) is 4.63. The summed E-state index contributed by atoms with van der Waals surface area (Å²) in [6.45, 7) is 2.10. The molecule has 0 aromatic heterocycles. The summed E-state index contributed by atoms with van der Waals surface area (Å²) in [6, 6.07) is 7.05. The van der Waals surface area contributed by atoms with E-state index in [0.29, 0.717) is 23.8 Å². The Morgan fingerprint density at radius 2 is 2.05 bits per heavy atom. The van der Waals surface area contributed by atoms with Gasteiger partial charge in [-0.05, 0) is 50.2 Å². The molecule has 112 valence electrons. The monoisotopic (exact) mass is 287 g/mol. The number of benzene rings is 1. The number of carbonyl (C=O) groups is 2. The topological polar surface area (TPSA) is 55.4 Å². The van der Waals surface area contributed by atoms with Crippen LogP contribution in [0.5, 0.6) is 0 Å². The van der Waals surface area contributed by atoms with E-state index < -0.39 is 0 Å². The summed E-state index contributed by atoms with van der Waals surface area (Å²) in [4.78, 5) is 24.4. The van der Waals surface area contributed by atoms with Crippen LogP contribution in [0.15, 0.2) is 24.3 Å². The maximum atomic E-state index is 12.5. The second-order valence-electron chi connectivity index (χ2n) is 6.04. The number of fused-ring (bicyclic) bond motifs is 2. The third kappa shape index (κ3) is 2.80. The fourth-order valence-corrected chi connectivity index (χ4v) is 3.77. The van der Waals surface area contributed by atoms with Gasteiger partial charge in [-0.2, -0.15) is 0 Å². The van der Waals surface area contributed by atoms with Gasteiger partial charge in [0.25, 0.3) is 0 Å². The average Bonchev–Trinajstić information content (AvgIpc) is 3.10. The molecule has 0 radical (unpaired) electrons. The average molecular weight is 287 g/mol. The minimum absolute atomic E-state index is 0.0546. The second-order valence-corrected chi connectivity index (χ2v) is 6.04. The van der Waals surface area contributed by atoms with Crippen molar-refractivity contribution in [1.29, 1.82) is 0 Å². The van der Waals surface area contributed by atoms with Crippen molar-refractivity contribution in [2.24, 2.45) is 17.8 Å². The van der Waals surface area contributed by atoms with E-state index in [2.05, 4.69) is 5.32 Å². The lowest BCUT2D eigenvalue weighted by Gasteiger charge is -2.21. The maximum absolute atomic E-state index is 12.5. The maximum Gasteiger partial charge on any atom is 0.340 e. The van der Waals surface area contributed by atoms with Gasteiger partial charge in [0.2, 0.25) is 5.91 Å². The van der Waals surface area contributed by atoms with Gasteiger partial charge in [-0.15, -0.1) is 0 Å². The molecule has 0 heterocycles. The van der Waals surface area contributed by atoms with Gasteiger partial charge in [-0.25, -0.2) is 4.79 Å². The van der Waals surface area contributed by atoms with Crippen molar-refractivity contribution in [3.63, 3.8) is 0 Å². The molecule has 0 aliphatic heterocycles. The predicted octanol–water partition coefficient (Wildman–Crippen LogP) is 3.24. The lowest BCUT2D eigenvalue weighted by atomic mass is 9.88. The molecule has 1 amide bonds. The molecular weight excluding hydrogens is 266 g/mol. The number of para-hydroxylation sites is 1. The Kier molecular flexibility index (Phi) is 3.95. The Bertz CT molecular complexity index is 555. The van der Waals surface area contributed by atoms with Gasteiger partial charge in [0.15, 0.2) is 0 Å². The first kappa shape index (κ1) is 14.1. The number of rotatable bonds is 4. The van der Waals surface area contributed by atoms with Gasteiger partial charge in [0, 0.05) is 5.92 Å². The van der Waals surface area contributed by atoms with Crippen molar-refractivity contribution in [3.05, 3.63) is 29.8 Å². The van der Waals surface area contributed by atoms with E-state index in [4.69, 9.17) is 4.74 Å². The normalized spacial score (nSPS) is 26.6. The number of carbonyl (C=O) groups excluding carboxylic acids is 2. The zero-order valence-corrected chi connectivity index (χ0v) is 12.3. The first-order valence-corrected chi connectivity index (χ1v) is 7.76. The number of hydrogen-bond acceptors (Lipinski definition) is 3. The van der Waals surface area contributed by atoms with E-state index in [1.54, 1.807) is 25.1 Å². The first-order valence-electron chi connectivity index (χ1n) is 7.76. The quantitative estimate of drug-likeness (QED) is 0.865. The smallest absolute Gasteiger partial charge is 0.340 e. The number of esters is 1. The van der Waals surface area contributed by atoms with Gasteiger partial charge in [-0.3, -0.25) is 4.79 Å². The minimum atomic E-state index is -0.388. The molecule has 1 aromatic carbocycles. The highest BCUT2D eigenvalue weighted by Crippen LogP contribution is 2.48. The molecule has 1 aromatic rings. The molecule has 4 heteroatoms. The number of amides is 1. The number of anilines is 1. The van der Waals surface area contributed by atoms with Crippen molar-refractivity contribution < 1.29 is 14.3 Å². The molecule has 21 heavy (non-hydrogen) atoms. The first-order chi connectivity index (χ1) is 10.2. The lowest BCUT2D eigenvalue weighted by molar-refractivity contribution is -0.121. The summed E-state index contributed by atoms with van der Waals surface area (Å²) in [5.41, 5.74) is 0.986. The van der Waals surface area contributed by atoms with Crippen LogP contribution in [0.2, 0.25) is 0 Å². The summed E-state index contributed by atoms with van der Waals surface area (Å²) < 4.78 is 5.03. The van der Waals surface area contributed by atoms with Crippen molar-refractivity contribution >= 4 is 17.6 Å². The van der Waals surface area contributed by atoms with Gasteiger partial charge >= 0.3 is 5.97 Å². The summed E-state index contributed by atoms with van der Waals surface area (Å²) in [7, 11) is 0. The molecule has 2 fully saturated rings. The lowest BCUT2D eigenvalue weighted by Crippen LogP contribution is -2.28. The molecule has 2 aliphatic rings. The van der Waals surface area contributed by atoms with Crippen molar-refractivity contribution in [3.8, 4) is 0 Å². The molecule has 3 atom stereocenters.